The zero-order valence-corrected chi connectivity index (χ0v) is 13.2. The van der Waals surface area contributed by atoms with Gasteiger partial charge in [0, 0.05) is 5.92 Å². The molecular weight excluding hydrogens is 256 g/mol. The van der Waals surface area contributed by atoms with Gasteiger partial charge in [0.25, 0.3) is 0 Å². The first-order chi connectivity index (χ1) is 10.1. The van der Waals surface area contributed by atoms with Crippen LogP contribution in [0.1, 0.15) is 29.7 Å². The molecule has 0 saturated carbocycles. The Bertz CT molecular complexity index is 684. The van der Waals surface area contributed by atoms with Gasteiger partial charge < -0.3 is 0 Å². The molecule has 1 aliphatic rings. The molecule has 0 saturated heterocycles. The van der Waals surface area contributed by atoms with Gasteiger partial charge in [-0.15, -0.1) is 0 Å². The lowest BCUT2D eigenvalue weighted by atomic mass is 10.0. The number of nitrogens with zero attached hydrogens (tertiary/aromatic N) is 2. The minimum atomic E-state index is 0.437. The van der Waals surface area contributed by atoms with Crippen molar-refractivity contribution in [2.75, 3.05) is 0 Å². The molecule has 1 heterocycles. The van der Waals surface area contributed by atoms with Crippen LogP contribution in [0, 0.1) is 26.7 Å². The summed E-state index contributed by atoms with van der Waals surface area (Å²) >= 11 is 0. The summed E-state index contributed by atoms with van der Waals surface area (Å²) in [7, 11) is 0. The summed E-state index contributed by atoms with van der Waals surface area (Å²) < 4.78 is 4.53. The second-order valence-electron chi connectivity index (χ2n) is 6.10. The highest BCUT2D eigenvalue weighted by molar-refractivity contribution is 5.48. The van der Waals surface area contributed by atoms with Gasteiger partial charge in [0.15, 0.2) is 0 Å². The van der Waals surface area contributed by atoms with Crippen molar-refractivity contribution in [1.29, 1.82) is 0 Å². The second-order valence-corrected chi connectivity index (χ2v) is 6.10. The lowest BCUT2D eigenvalue weighted by molar-refractivity contribution is -0.722. The van der Waals surface area contributed by atoms with Gasteiger partial charge in [-0.2, -0.15) is 0 Å². The van der Waals surface area contributed by atoms with Gasteiger partial charge in [-0.05, 0) is 38.8 Å². The van der Waals surface area contributed by atoms with Gasteiger partial charge in [0.1, 0.15) is 24.1 Å². The molecule has 0 amide bonds. The predicted molar refractivity (Wildman–Crippen MR) is 86.7 cm³/mol. The van der Waals surface area contributed by atoms with Crippen LogP contribution < -0.4 is 4.57 Å². The van der Waals surface area contributed by atoms with Crippen molar-refractivity contribution in [2.45, 2.75) is 33.7 Å². The molecule has 3 rings (SSSR count). The Morgan fingerprint density at radius 1 is 1.05 bits per heavy atom. The van der Waals surface area contributed by atoms with Crippen LogP contribution in [0.15, 0.2) is 55.2 Å². The molecule has 21 heavy (non-hydrogen) atoms. The largest absolute Gasteiger partial charge is 0.249 e. The van der Waals surface area contributed by atoms with Crippen molar-refractivity contribution < 1.29 is 4.57 Å². The number of allylic oxidation sites excluding steroid dienone is 4. The minimum Gasteiger partial charge on any atom is -0.233 e. The average Bonchev–Trinajstić information content (AvgIpc) is 3.08. The number of aryl methyl sites for hydroxylation is 3. The molecule has 0 spiro atoms. The topological polar surface area (TPSA) is 8.81 Å². The third-order valence-corrected chi connectivity index (χ3v) is 4.36. The SMILES string of the molecule is Cc1cc(C)c(-n2cc[n+](C(C)C3C=CC=C3)c2)c(C)c1. The van der Waals surface area contributed by atoms with Crippen LogP contribution >= 0.6 is 0 Å². The fourth-order valence-corrected chi connectivity index (χ4v) is 3.29. The molecule has 1 aliphatic carbocycles. The zero-order chi connectivity index (χ0) is 15.0. The number of aromatic nitrogens is 2. The van der Waals surface area contributed by atoms with E-state index in [2.05, 4.69) is 92.0 Å². The Balaban J connectivity index is 1.95. The van der Waals surface area contributed by atoms with E-state index in [9.17, 15) is 0 Å². The van der Waals surface area contributed by atoms with Crippen molar-refractivity contribution >= 4 is 0 Å². The summed E-state index contributed by atoms with van der Waals surface area (Å²) in [4.78, 5) is 0. The Labute approximate surface area is 127 Å². The number of hydrogen-bond acceptors (Lipinski definition) is 0. The average molecular weight is 279 g/mol. The molecular formula is C19H23N2+. The van der Waals surface area contributed by atoms with E-state index in [0.717, 1.165) is 0 Å². The Hall–Kier alpha value is -2.09. The van der Waals surface area contributed by atoms with E-state index < -0.39 is 0 Å². The second kappa shape index (κ2) is 5.36. The summed E-state index contributed by atoms with van der Waals surface area (Å²) in [5.41, 5.74) is 5.26. The van der Waals surface area contributed by atoms with E-state index in [1.807, 2.05) is 0 Å². The van der Waals surface area contributed by atoms with E-state index in [4.69, 9.17) is 0 Å². The fraction of sp³-hybridized carbons (Fsp3) is 0.316. The maximum absolute atomic E-state index is 2.30. The molecule has 108 valence electrons. The molecule has 1 unspecified atom stereocenters. The highest BCUT2D eigenvalue weighted by Crippen LogP contribution is 2.22. The maximum Gasteiger partial charge on any atom is 0.249 e. The quantitative estimate of drug-likeness (QED) is 0.751. The first-order valence-electron chi connectivity index (χ1n) is 7.58. The van der Waals surface area contributed by atoms with Crippen molar-refractivity contribution in [1.82, 2.24) is 4.57 Å². The lowest BCUT2D eigenvalue weighted by Gasteiger charge is -2.12. The van der Waals surface area contributed by atoms with Crippen LogP contribution in [0.4, 0.5) is 0 Å². The van der Waals surface area contributed by atoms with E-state index >= 15 is 0 Å². The summed E-state index contributed by atoms with van der Waals surface area (Å²) in [6.07, 6.45) is 15.3. The Morgan fingerprint density at radius 3 is 2.29 bits per heavy atom. The van der Waals surface area contributed by atoms with Gasteiger partial charge in [-0.3, -0.25) is 0 Å². The highest BCUT2D eigenvalue weighted by Gasteiger charge is 2.21. The molecule has 1 aromatic carbocycles. The molecule has 0 fully saturated rings. The van der Waals surface area contributed by atoms with E-state index in [0.29, 0.717) is 12.0 Å². The maximum atomic E-state index is 2.30. The van der Waals surface area contributed by atoms with Crippen LogP contribution in [-0.4, -0.2) is 4.57 Å². The van der Waals surface area contributed by atoms with E-state index in [-0.39, 0.29) is 0 Å². The molecule has 0 bridgehead atoms. The summed E-state index contributed by atoms with van der Waals surface area (Å²) in [6, 6.07) is 4.93. The number of rotatable bonds is 3. The lowest BCUT2D eigenvalue weighted by Crippen LogP contribution is -2.38. The first kappa shape index (κ1) is 13.9. The minimum absolute atomic E-state index is 0.437. The fourth-order valence-electron chi connectivity index (χ4n) is 3.29. The predicted octanol–water partition coefficient (Wildman–Crippen LogP) is 3.99. The van der Waals surface area contributed by atoms with Crippen LogP contribution in [0.25, 0.3) is 5.69 Å². The molecule has 2 aromatic rings. The van der Waals surface area contributed by atoms with Crippen molar-refractivity contribution in [3.05, 3.63) is 71.8 Å². The molecule has 2 nitrogen and oxygen atoms in total. The first-order valence-corrected chi connectivity index (χ1v) is 7.58. The number of hydrogen-bond donors (Lipinski definition) is 0. The summed E-state index contributed by atoms with van der Waals surface area (Å²) in [6.45, 7) is 8.79. The molecule has 2 heteroatoms. The molecule has 0 radical (unpaired) electrons. The Morgan fingerprint density at radius 2 is 1.67 bits per heavy atom. The molecule has 0 aliphatic heterocycles. The molecule has 1 atom stereocenters. The highest BCUT2D eigenvalue weighted by atomic mass is 15.1. The zero-order valence-electron chi connectivity index (χ0n) is 13.2. The van der Waals surface area contributed by atoms with Crippen molar-refractivity contribution in [2.24, 2.45) is 5.92 Å². The van der Waals surface area contributed by atoms with Gasteiger partial charge in [-0.25, -0.2) is 9.13 Å². The normalized spacial score (nSPS) is 15.8. The van der Waals surface area contributed by atoms with Crippen molar-refractivity contribution in [3.8, 4) is 5.69 Å². The van der Waals surface area contributed by atoms with Crippen LogP contribution in [0.5, 0.6) is 0 Å². The van der Waals surface area contributed by atoms with Gasteiger partial charge in [0.05, 0.1) is 0 Å². The van der Waals surface area contributed by atoms with Gasteiger partial charge in [-0.1, -0.05) is 42.0 Å². The standard InChI is InChI=1S/C19H23N2/c1-14-11-15(2)19(16(3)12-14)21-10-9-20(13-21)17(4)18-7-5-6-8-18/h5-13,17-18H,1-4H3/q+1. The van der Waals surface area contributed by atoms with Crippen LogP contribution in [0.3, 0.4) is 0 Å². The number of imidazole rings is 1. The molecule has 0 N–H and O–H groups in total. The molecule has 1 aromatic heterocycles. The third-order valence-electron chi connectivity index (χ3n) is 4.36. The van der Waals surface area contributed by atoms with Crippen LogP contribution in [-0.2, 0) is 0 Å². The summed E-state index contributed by atoms with van der Waals surface area (Å²) in [5.74, 6) is 0.492. The van der Waals surface area contributed by atoms with E-state index in [1.165, 1.54) is 22.4 Å². The third kappa shape index (κ3) is 2.58. The number of benzene rings is 1. The van der Waals surface area contributed by atoms with Gasteiger partial charge in [0.2, 0.25) is 6.33 Å². The van der Waals surface area contributed by atoms with Gasteiger partial charge >= 0.3 is 0 Å². The Kier molecular flexibility index (Phi) is 3.54. The smallest absolute Gasteiger partial charge is 0.233 e. The van der Waals surface area contributed by atoms with Crippen molar-refractivity contribution in [3.63, 3.8) is 0 Å². The van der Waals surface area contributed by atoms with E-state index in [1.54, 1.807) is 0 Å². The van der Waals surface area contributed by atoms with Crippen LogP contribution in [0.2, 0.25) is 0 Å². The summed E-state index contributed by atoms with van der Waals surface area (Å²) in [5, 5.41) is 0. The monoisotopic (exact) mass is 279 g/mol.